The van der Waals surface area contributed by atoms with Crippen LogP contribution in [0, 0.1) is 5.92 Å². The summed E-state index contributed by atoms with van der Waals surface area (Å²) >= 11 is 0. The van der Waals surface area contributed by atoms with E-state index in [9.17, 15) is 14.4 Å². The molecule has 0 saturated carbocycles. The van der Waals surface area contributed by atoms with Gasteiger partial charge in [0.05, 0.1) is 30.1 Å². The standard InChI is InChI=1S/C35H26N2O6/c1-41-29-21-24(19-20-28(29)42-35(40)23-12-4-2-5-13-23)31-30-32(43-37(31)25-15-6-3-7-16-25)34(39)36(33(30)38)27-18-10-14-22-11-8-9-17-26(22)27/h2-21,30-32H,1H3. The van der Waals surface area contributed by atoms with Gasteiger partial charge in [-0.1, -0.05) is 78.9 Å². The maximum atomic E-state index is 14.2. The first kappa shape index (κ1) is 26.4. The van der Waals surface area contributed by atoms with Gasteiger partial charge < -0.3 is 9.47 Å². The van der Waals surface area contributed by atoms with Gasteiger partial charge in [0.15, 0.2) is 17.6 Å². The monoisotopic (exact) mass is 570 g/mol. The van der Waals surface area contributed by atoms with Crippen molar-refractivity contribution in [2.75, 3.05) is 17.1 Å². The number of para-hydroxylation sites is 1. The van der Waals surface area contributed by atoms with Gasteiger partial charge in [0, 0.05) is 5.39 Å². The number of imide groups is 1. The van der Waals surface area contributed by atoms with Crippen molar-refractivity contribution in [1.82, 2.24) is 0 Å². The highest BCUT2D eigenvalue weighted by molar-refractivity contribution is 6.26. The summed E-state index contributed by atoms with van der Waals surface area (Å²) in [7, 11) is 1.48. The number of methoxy groups -OCH3 is 1. The molecule has 2 heterocycles. The Morgan fingerprint density at radius 3 is 2.21 bits per heavy atom. The van der Waals surface area contributed by atoms with E-state index < -0.39 is 29.9 Å². The molecule has 8 heteroatoms. The van der Waals surface area contributed by atoms with Gasteiger partial charge in [-0.2, -0.15) is 0 Å². The van der Waals surface area contributed by atoms with Gasteiger partial charge in [-0.3, -0.25) is 14.4 Å². The first-order valence-corrected chi connectivity index (χ1v) is 13.9. The Balaban J connectivity index is 1.28. The van der Waals surface area contributed by atoms with Crippen molar-refractivity contribution in [2.24, 2.45) is 5.92 Å². The molecule has 0 aromatic heterocycles. The van der Waals surface area contributed by atoms with Crippen LogP contribution in [0.15, 0.2) is 121 Å². The largest absolute Gasteiger partial charge is 0.493 e. The molecule has 5 aromatic carbocycles. The molecule has 3 unspecified atom stereocenters. The number of carbonyl (C=O) groups excluding carboxylic acids is 3. The van der Waals surface area contributed by atoms with Gasteiger partial charge in [-0.15, -0.1) is 0 Å². The molecule has 0 N–H and O–H groups in total. The van der Waals surface area contributed by atoms with Gasteiger partial charge in [0.25, 0.3) is 5.91 Å². The summed E-state index contributed by atoms with van der Waals surface area (Å²) in [6.07, 6.45) is -1.03. The van der Waals surface area contributed by atoms with Gasteiger partial charge >= 0.3 is 5.97 Å². The molecule has 5 aromatic rings. The molecular weight excluding hydrogens is 544 g/mol. The number of hydrogen-bond acceptors (Lipinski definition) is 7. The maximum Gasteiger partial charge on any atom is 0.343 e. The van der Waals surface area contributed by atoms with E-state index in [-0.39, 0.29) is 11.7 Å². The highest BCUT2D eigenvalue weighted by atomic mass is 16.7. The van der Waals surface area contributed by atoms with Crippen molar-refractivity contribution in [2.45, 2.75) is 12.1 Å². The molecule has 2 fully saturated rings. The summed E-state index contributed by atoms with van der Waals surface area (Å²) in [6.45, 7) is 0. The van der Waals surface area contributed by atoms with Gasteiger partial charge in [-0.05, 0) is 53.4 Å². The van der Waals surface area contributed by atoms with E-state index in [0.717, 1.165) is 10.8 Å². The molecule has 0 aliphatic carbocycles. The molecule has 7 rings (SSSR count). The zero-order valence-electron chi connectivity index (χ0n) is 23.1. The Kier molecular flexibility index (Phi) is 6.60. The van der Waals surface area contributed by atoms with Crippen molar-refractivity contribution in [3.8, 4) is 11.5 Å². The lowest BCUT2D eigenvalue weighted by molar-refractivity contribution is -0.126. The van der Waals surface area contributed by atoms with Crippen molar-refractivity contribution in [3.05, 3.63) is 132 Å². The van der Waals surface area contributed by atoms with E-state index in [1.54, 1.807) is 53.6 Å². The average Bonchev–Trinajstić information content (AvgIpc) is 3.57. The normalized spacial score (nSPS) is 19.5. The van der Waals surface area contributed by atoms with Crippen LogP contribution in [0.2, 0.25) is 0 Å². The molecule has 0 spiro atoms. The number of ether oxygens (including phenoxy) is 2. The van der Waals surface area contributed by atoms with Crippen LogP contribution in [-0.2, 0) is 14.4 Å². The van der Waals surface area contributed by atoms with E-state index in [2.05, 4.69) is 0 Å². The molecule has 0 radical (unpaired) electrons. The Morgan fingerprint density at radius 2 is 1.44 bits per heavy atom. The van der Waals surface area contributed by atoms with Crippen LogP contribution < -0.4 is 19.4 Å². The van der Waals surface area contributed by atoms with Crippen molar-refractivity contribution >= 4 is 39.9 Å². The van der Waals surface area contributed by atoms with Gasteiger partial charge in [0.1, 0.15) is 5.92 Å². The number of nitrogens with zero attached hydrogens (tertiary/aromatic N) is 2. The Bertz CT molecular complexity index is 1850. The molecule has 2 saturated heterocycles. The summed E-state index contributed by atoms with van der Waals surface area (Å²) in [4.78, 5) is 48.4. The van der Waals surface area contributed by atoms with E-state index in [1.165, 1.54) is 12.0 Å². The predicted molar refractivity (Wildman–Crippen MR) is 161 cm³/mol. The fourth-order valence-corrected chi connectivity index (χ4v) is 5.88. The second-order valence-corrected chi connectivity index (χ2v) is 10.3. The summed E-state index contributed by atoms with van der Waals surface area (Å²) in [5.41, 5.74) is 2.28. The summed E-state index contributed by atoms with van der Waals surface area (Å²) in [5, 5.41) is 3.34. The number of hydroxylamine groups is 1. The van der Waals surface area contributed by atoms with E-state index >= 15 is 0 Å². The van der Waals surface area contributed by atoms with Crippen LogP contribution in [0.4, 0.5) is 11.4 Å². The lowest BCUT2D eigenvalue weighted by atomic mass is 9.90. The number of anilines is 2. The van der Waals surface area contributed by atoms with Crippen LogP contribution in [0.5, 0.6) is 11.5 Å². The second kappa shape index (κ2) is 10.7. The molecule has 2 aliphatic heterocycles. The zero-order valence-corrected chi connectivity index (χ0v) is 23.1. The molecule has 212 valence electrons. The van der Waals surface area contributed by atoms with Crippen molar-refractivity contribution in [3.63, 3.8) is 0 Å². The Labute approximate surface area is 247 Å². The van der Waals surface area contributed by atoms with Crippen LogP contribution in [0.1, 0.15) is 22.0 Å². The molecular formula is C35H26N2O6. The average molecular weight is 571 g/mol. The van der Waals surface area contributed by atoms with Gasteiger partial charge in [0.2, 0.25) is 5.91 Å². The Hall–Kier alpha value is -5.47. The third-order valence-corrected chi connectivity index (χ3v) is 7.87. The van der Waals surface area contributed by atoms with Crippen LogP contribution in [0.3, 0.4) is 0 Å². The summed E-state index contributed by atoms with van der Waals surface area (Å²) in [5.74, 6) is -1.60. The minimum atomic E-state index is -1.03. The maximum absolute atomic E-state index is 14.2. The predicted octanol–water partition coefficient (Wildman–Crippen LogP) is 6.12. The first-order valence-electron chi connectivity index (χ1n) is 13.9. The number of fused-ring (bicyclic) bond motifs is 2. The Morgan fingerprint density at radius 1 is 0.744 bits per heavy atom. The van der Waals surface area contributed by atoms with Crippen molar-refractivity contribution in [1.29, 1.82) is 0 Å². The quantitative estimate of drug-likeness (QED) is 0.138. The summed E-state index contributed by atoms with van der Waals surface area (Å²) in [6, 6.07) is 35.6. The number of hydrogen-bond donors (Lipinski definition) is 0. The second-order valence-electron chi connectivity index (χ2n) is 10.3. The molecule has 8 nitrogen and oxygen atoms in total. The molecule has 2 aliphatic rings. The SMILES string of the molecule is COc1cc(C2C3C(=O)N(c4cccc5ccccc45)C(=O)C3ON2c2ccccc2)ccc1OC(=O)c1ccccc1. The number of benzene rings is 5. The molecule has 2 amide bonds. The zero-order chi connectivity index (χ0) is 29.5. The van der Waals surface area contributed by atoms with E-state index in [4.69, 9.17) is 14.3 Å². The highest BCUT2D eigenvalue weighted by Crippen LogP contribution is 2.49. The van der Waals surface area contributed by atoms with Crippen LogP contribution in [-0.4, -0.2) is 31.0 Å². The molecule has 0 bridgehead atoms. The molecule has 3 atom stereocenters. The number of rotatable bonds is 6. The fourth-order valence-electron chi connectivity index (χ4n) is 5.88. The third-order valence-electron chi connectivity index (χ3n) is 7.87. The fraction of sp³-hybridized carbons (Fsp3) is 0.114. The van der Waals surface area contributed by atoms with E-state index in [1.807, 2.05) is 72.8 Å². The number of esters is 1. The third kappa shape index (κ3) is 4.49. The minimum absolute atomic E-state index is 0.230. The lowest BCUT2D eigenvalue weighted by Crippen LogP contribution is -2.37. The topological polar surface area (TPSA) is 85.4 Å². The van der Waals surface area contributed by atoms with Crippen LogP contribution >= 0.6 is 0 Å². The first-order chi connectivity index (χ1) is 21.0. The smallest absolute Gasteiger partial charge is 0.343 e. The number of amides is 2. The molecule has 43 heavy (non-hydrogen) atoms. The van der Waals surface area contributed by atoms with Crippen LogP contribution in [0.25, 0.3) is 10.8 Å². The minimum Gasteiger partial charge on any atom is -0.493 e. The van der Waals surface area contributed by atoms with E-state index in [0.29, 0.717) is 28.3 Å². The van der Waals surface area contributed by atoms with Crippen molar-refractivity contribution < 1.29 is 28.7 Å². The summed E-state index contributed by atoms with van der Waals surface area (Å²) < 4.78 is 11.3. The van der Waals surface area contributed by atoms with Gasteiger partial charge in [-0.25, -0.2) is 14.8 Å². The lowest BCUT2D eigenvalue weighted by Gasteiger charge is -2.29. The number of carbonyl (C=O) groups is 3. The highest BCUT2D eigenvalue weighted by Gasteiger charge is 2.60.